The molecular formula is C9H21NSi. The molecule has 0 fully saturated rings. The Morgan fingerprint density at radius 3 is 2.27 bits per heavy atom. The lowest BCUT2D eigenvalue weighted by atomic mass is 10.3. The molecule has 0 aliphatic carbocycles. The van der Waals surface area contributed by atoms with E-state index < -0.39 is 8.07 Å². The molecule has 0 bridgehead atoms. The second kappa shape index (κ2) is 5.55. The third kappa shape index (κ3) is 9.92. The van der Waals surface area contributed by atoms with Crippen molar-refractivity contribution in [2.45, 2.75) is 38.5 Å². The molecule has 0 aromatic carbocycles. The van der Waals surface area contributed by atoms with E-state index >= 15 is 0 Å². The fourth-order valence-electron chi connectivity index (χ4n) is 0.790. The van der Waals surface area contributed by atoms with Crippen LogP contribution in [-0.4, -0.2) is 14.6 Å². The molecule has 0 saturated heterocycles. The zero-order valence-electron chi connectivity index (χ0n) is 8.06. The Morgan fingerprint density at radius 1 is 1.18 bits per heavy atom. The standard InChI is InChI=1S/C9H21NSi/c1-11(2,3)9-7-5-4-6-8-10/h5,7H,4,6,8-10H2,1-3H3/b7-5-. The average molecular weight is 171 g/mol. The Morgan fingerprint density at radius 2 is 1.82 bits per heavy atom. The summed E-state index contributed by atoms with van der Waals surface area (Å²) in [5.41, 5.74) is 5.37. The Hall–Kier alpha value is -0.0831. The summed E-state index contributed by atoms with van der Waals surface area (Å²) in [6.45, 7) is 7.98. The first-order valence-electron chi connectivity index (χ1n) is 4.41. The molecule has 2 N–H and O–H groups in total. The van der Waals surface area contributed by atoms with Crippen molar-refractivity contribution in [1.29, 1.82) is 0 Å². The van der Waals surface area contributed by atoms with Crippen LogP contribution in [0.15, 0.2) is 12.2 Å². The van der Waals surface area contributed by atoms with Crippen LogP contribution >= 0.6 is 0 Å². The van der Waals surface area contributed by atoms with Gasteiger partial charge in [0, 0.05) is 8.07 Å². The molecule has 2 heteroatoms. The van der Waals surface area contributed by atoms with Gasteiger partial charge in [-0.15, -0.1) is 0 Å². The van der Waals surface area contributed by atoms with Gasteiger partial charge in [0.25, 0.3) is 0 Å². The average Bonchev–Trinajstić information content (AvgIpc) is 1.85. The number of rotatable bonds is 5. The van der Waals surface area contributed by atoms with Gasteiger partial charge in [-0.1, -0.05) is 31.8 Å². The van der Waals surface area contributed by atoms with E-state index in [-0.39, 0.29) is 0 Å². The Kier molecular flexibility index (Phi) is 5.51. The third-order valence-electron chi connectivity index (χ3n) is 1.47. The number of hydrogen-bond acceptors (Lipinski definition) is 1. The van der Waals surface area contributed by atoms with Crippen LogP contribution in [0.3, 0.4) is 0 Å². The maximum Gasteiger partial charge on any atom is 0.0480 e. The van der Waals surface area contributed by atoms with Gasteiger partial charge in [-0.05, 0) is 25.4 Å². The molecular weight excluding hydrogens is 150 g/mol. The van der Waals surface area contributed by atoms with Crippen LogP contribution in [0.5, 0.6) is 0 Å². The molecule has 0 aromatic rings. The smallest absolute Gasteiger partial charge is 0.0480 e. The Bertz CT molecular complexity index is 113. The van der Waals surface area contributed by atoms with Gasteiger partial charge in [-0.2, -0.15) is 0 Å². The van der Waals surface area contributed by atoms with Crippen molar-refractivity contribution < 1.29 is 0 Å². The van der Waals surface area contributed by atoms with E-state index in [0.717, 1.165) is 19.4 Å². The topological polar surface area (TPSA) is 26.0 Å². The second-order valence-electron chi connectivity index (χ2n) is 4.17. The predicted octanol–water partition coefficient (Wildman–Crippen LogP) is 2.62. The SMILES string of the molecule is C[Si](C)(C)C/C=C\CCCN. The molecule has 0 radical (unpaired) electrons. The largest absolute Gasteiger partial charge is 0.330 e. The summed E-state index contributed by atoms with van der Waals surface area (Å²) in [4.78, 5) is 0. The lowest BCUT2D eigenvalue weighted by Gasteiger charge is -2.11. The van der Waals surface area contributed by atoms with Crippen molar-refractivity contribution in [3.05, 3.63) is 12.2 Å². The van der Waals surface area contributed by atoms with Gasteiger partial charge in [-0.25, -0.2) is 0 Å². The summed E-state index contributed by atoms with van der Waals surface area (Å²) < 4.78 is 0. The normalized spacial score (nSPS) is 12.7. The lowest BCUT2D eigenvalue weighted by Crippen LogP contribution is -2.17. The summed E-state index contributed by atoms with van der Waals surface area (Å²) in [7, 11) is -0.835. The first kappa shape index (κ1) is 10.9. The Balaban J connectivity index is 3.30. The minimum absolute atomic E-state index is 0.817. The monoisotopic (exact) mass is 171 g/mol. The summed E-state index contributed by atoms with van der Waals surface area (Å²) in [6, 6.07) is 1.30. The van der Waals surface area contributed by atoms with E-state index in [1.165, 1.54) is 6.04 Å². The van der Waals surface area contributed by atoms with Crippen molar-refractivity contribution in [1.82, 2.24) is 0 Å². The van der Waals surface area contributed by atoms with Gasteiger partial charge in [0.15, 0.2) is 0 Å². The molecule has 0 aliphatic rings. The summed E-state index contributed by atoms with van der Waals surface area (Å²) in [5.74, 6) is 0. The maximum atomic E-state index is 5.37. The number of unbranched alkanes of at least 4 members (excludes halogenated alkanes) is 1. The van der Waals surface area contributed by atoms with Gasteiger partial charge in [0.1, 0.15) is 0 Å². The molecule has 0 unspecified atom stereocenters. The lowest BCUT2D eigenvalue weighted by molar-refractivity contribution is 0.854. The van der Waals surface area contributed by atoms with E-state index in [9.17, 15) is 0 Å². The van der Waals surface area contributed by atoms with E-state index in [4.69, 9.17) is 5.73 Å². The summed E-state index contributed by atoms with van der Waals surface area (Å²) in [6.07, 6.45) is 6.87. The van der Waals surface area contributed by atoms with Crippen molar-refractivity contribution in [3.63, 3.8) is 0 Å². The minimum atomic E-state index is -0.835. The number of nitrogens with two attached hydrogens (primary N) is 1. The van der Waals surface area contributed by atoms with Crippen LogP contribution in [0.2, 0.25) is 25.7 Å². The quantitative estimate of drug-likeness (QED) is 0.384. The van der Waals surface area contributed by atoms with Crippen LogP contribution in [0.4, 0.5) is 0 Å². The van der Waals surface area contributed by atoms with E-state index in [0.29, 0.717) is 0 Å². The highest BCUT2D eigenvalue weighted by molar-refractivity contribution is 6.76. The van der Waals surface area contributed by atoms with Crippen molar-refractivity contribution in [2.24, 2.45) is 5.73 Å². The second-order valence-corrected chi connectivity index (χ2v) is 9.70. The van der Waals surface area contributed by atoms with Gasteiger partial charge in [-0.3, -0.25) is 0 Å². The minimum Gasteiger partial charge on any atom is -0.330 e. The summed E-state index contributed by atoms with van der Waals surface area (Å²) in [5, 5.41) is 0. The van der Waals surface area contributed by atoms with Crippen LogP contribution in [0, 0.1) is 0 Å². The molecule has 0 aliphatic heterocycles. The fourth-order valence-corrected chi connectivity index (χ4v) is 1.66. The van der Waals surface area contributed by atoms with Crippen molar-refractivity contribution >= 4 is 8.07 Å². The van der Waals surface area contributed by atoms with E-state index in [2.05, 4.69) is 31.8 Å². The van der Waals surface area contributed by atoms with Crippen molar-refractivity contribution in [2.75, 3.05) is 6.54 Å². The summed E-state index contributed by atoms with van der Waals surface area (Å²) >= 11 is 0. The molecule has 0 heterocycles. The van der Waals surface area contributed by atoms with Crippen molar-refractivity contribution in [3.8, 4) is 0 Å². The zero-order chi connectivity index (χ0) is 8.74. The van der Waals surface area contributed by atoms with Crippen LogP contribution in [0.1, 0.15) is 12.8 Å². The molecule has 11 heavy (non-hydrogen) atoms. The highest BCUT2D eigenvalue weighted by Gasteiger charge is 2.08. The van der Waals surface area contributed by atoms with Gasteiger partial charge < -0.3 is 5.73 Å². The van der Waals surface area contributed by atoms with E-state index in [1.807, 2.05) is 0 Å². The fraction of sp³-hybridized carbons (Fsp3) is 0.778. The number of allylic oxidation sites excluding steroid dienone is 2. The van der Waals surface area contributed by atoms with Gasteiger partial charge >= 0.3 is 0 Å². The molecule has 0 atom stereocenters. The molecule has 1 nitrogen and oxygen atoms in total. The molecule has 0 saturated carbocycles. The van der Waals surface area contributed by atoms with Crippen LogP contribution in [-0.2, 0) is 0 Å². The predicted molar refractivity (Wildman–Crippen MR) is 55.6 cm³/mol. The first-order valence-corrected chi connectivity index (χ1v) is 8.12. The number of hydrogen-bond donors (Lipinski definition) is 1. The van der Waals surface area contributed by atoms with Gasteiger partial charge in [0.2, 0.25) is 0 Å². The third-order valence-corrected chi connectivity index (χ3v) is 2.93. The van der Waals surface area contributed by atoms with E-state index in [1.54, 1.807) is 0 Å². The van der Waals surface area contributed by atoms with Crippen LogP contribution < -0.4 is 5.73 Å². The Labute approximate surface area is 71.7 Å². The molecule has 0 spiro atoms. The zero-order valence-corrected chi connectivity index (χ0v) is 9.06. The first-order chi connectivity index (χ1) is 5.06. The highest BCUT2D eigenvalue weighted by Crippen LogP contribution is 2.08. The van der Waals surface area contributed by atoms with Crippen LogP contribution in [0.25, 0.3) is 0 Å². The molecule has 66 valence electrons. The van der Waals surface area contributed by atoms with Gasteiger partial charge in [0.05, 0.1) is 0 Å². The highest BCUT2D eigenvalue weighted by atomic mass is 28.3. The molecule has 0 rings (SSSR count). The molecule has 0 amide bonds. The maximum absolute atomic E-state index is 5.37. The molecule has 0 aromatic heterocycles.